The molecule has 1 aliphatic heterocycles. The van der Waals surface area contributed by atoms with Gasteiger partial charge in [-0.15, -0.1) is 0 Å². The Bertz CT molecular complexity index is 873. The molecule has 1 aromatic heterocycles. The highest BCUT2D eigenvalue weighted by Gasteiger charge is 2.28. The number of amides is 2. The summed E-state index contributed by atoms with van der Waals surface area (Å²) in [6.07, 6.45) is 2.10. The van der Waals surface area contributed by atoms with Gasteiger partial charge in [-0.05, 0) is 42.0 Å². The highest BCUT2D eigenvalue weighted by molar-refractivity contribution is 5.94. The molecule has 1 aliphatic carbocycles. The van der Waals surface area contributed by atoms with Crippen LogP contribution in [0.1, 0.15) is 65.7 Å². The molecule has 0 atom stereocenters. The maximum atomic E-state index is 12.9. The smallest absolute Gasteiger partial charge is 0.272 e. The first kappa shape index (κ1) is 17.8. The van der Waals surface area contributed by atoms with Crippen molar-refractivity contribution in [1.29, 1.82) is 0 Å². The van der Waals surface area contributed by atoms with E-state index in [1.165, 1.54) is 5.56 Å². The number of hydrogen-bond acceptors (Lipinski definition) is 3. The van der Waals surface area contributed by atoms with Crippen LogP contribution >= 0.6 is 0 Å². The minimum Gasteiger partial charge on any atom is -0.348 e. The molecule has 2 amide bonds. The molecule has 0 unspecified atom stereocenters. The number of nitrogens with one attached hydrogen (secondary N) is 1. The van der Waals surface area contributed by atoms with Crippen LogP contribution < -0.4 is 5.32 Å². The van der Waals surface area contributed by atoms with Gasteiger partial charge in [-0.3, -0.25) is 14.3 Å². The molecule has 4 rings (SSSR count). The molecule has 1 N–H and O–H groups in total. The SMILES string of the molecule is CC(C)(C)c1ccc(C(=O)N2CCn3nc(C(=O)NC4CC4)cc3C2)cc1. The summed E-state index contributed by atoms with van der Waals surface area (Å²) >= 11 is 0. The fourth-order valence-corrected chi connectivity index (χ4v) is 3.33. The molecule has 0 spiro atoms. The third-order valence-electron chi connectivity index (χ3n) is 5.23. The van der Waals surface area contributed by atoms with Crippen molar-refractivity contribution in [3.8, 4) is 0 Å². The van der Waals surface area contributed by atoms with Crippen molar-refractivity contribution >= 4 is 11.8 Å². The second-order valence-electron chi connectivity index (χ2n) is 8.55. The largest absolute Gasteiger partial charge is 0.348 e. The van der Waals surface area contributed by atoms with Gasteiger partial charge in [-0.2, -0.15) is 5.10 Å². The minimum atomic E-state index is -0.116. The lowest BCUT2D eigenvalue weighted by Gasteiger charge is -2.28. The summed E-state index contributed by atoms with van der Waals surface area (Å²) < 4.78 is 1.84. The van der Waals surface area contributed by atoms with Gasteiger partial charge in [0.2, 0.25) is 0 Å². The third kappa shape index (κ3) is 3.75. The van der Waals surface area contributed by atoms with Gasteiger partial charge in [0.05, 0.1) is 18.8 Å². The van der Waals surface area contributed by atoms with Crippen LogP contribution in [-0.4, -0.2) is 39.1 Å². The van der Waals surface area contributed by atoms with E-state index in [-0.39, 0.29) is 17.2 Å². The highest BCUT2D eigenvalue weighted by Crippen LogP contribution is 2.24. The zero-order valence-electron chi connectivity index (χ0n) is 16.2. The van der Waals surface area contributed by atoms with Crippen LogP contribution in [0, 0.1) is 0 Å². The van der Waals surface area contributed by atoms with Crippen molar-refractivity contribution in [2.24, 2.45) is 0 Å². The normalized spacial score (nSPS) is 16.8. The van der Waals surface area contributed by atoms with Crippen LogP contribution in [-0.2, 0) is 18.5 Å². The summed E-state index contributed by atoms with van der Waals surface area (Å²) in [5.74, 6) is -0.0954. The Labute approximate surface area is 159 Å². The van der Waals surface area contributed by atoms with E-state index in [1.54, 1.807) is 6.07 Å². The molecule has 1 saturated carbocycles. The Balaban J connectivity index is 1.46. The van der Waals surface area contributed by atoms with Crippen molar-refractivity contribution in [2.75, 3.05) is 6.54 Å². The summed E-state index contributed by atoms with van der Waals surface area (Å²) in [4.78, 5) is 26.9. The summed E-state index contributed by atoms with van der Waals surface area (Å²) in [5, 5.41) is 7.36. The fourth-order valence-electron chi connectivity index (χ4n) is 3.33. The van der Waals surface area contributed by atoms with Crippen molar-refractivity contribution in [3.63, 3.8) is 0 Å². The quantitative estimate of drug-likeness (QED) is 0.908. The Morgan fingerprint density at radius 3 is 2.44 bits per heavy atom. The molecular formula is C21H26N4O2. The molecule has 2 heterocycles. The van der Waals surface area contributed by atoms with E-state index in [1.807, 2.05) is 33.8 Å². The summed E-state index contributed by atoms with van der Waals surface area (Å²) in [6, 6.07) is 9.99. The van der Waals surface area contributed by atoms with Gasteiger partial charge in [-0.25, -0.2) is 0 Å². The van der Waals surface area contributed by atoms with Gasteiger partial charge in [0.15, 0.2) is 5.69 Å². The predicted octanol–water partition coefficient (Wildman–Crippen LogP) is 2.73. The Morgan fingerprint density at radius 1 is 1.11 bits per heavy atom. The van der Waals surface area contributed by atoms with Crippen LogP contribution in [0.5, 0.6) is 0 Å². The van der Waals surface area contributed by atoms with Gasteiger partial charge >= 0.3 is 0 Å². The molecule has 0 bridgehead atoms. The average molecular weight is 366 g/mol. The molecule has 2 aromatic rings. The Morgan fingerprint density at radius 2 is 1.81 bits per heavy atom. The van der Waals surface area contributed by atoms with Crippen molar-refractivity contribution in [3.05, 3.63) is 52.8 Å². The van der Waals surface area contributed by atoms with E-state index >= 15 is 0 Å². The first-order valence-corrected chi connectivity index (χ1v) is 9.59. The van der Waals surface area contributed by atoms with Crippen LogP contribution in [0.4, 0.5) is 0 Å². The van der Waals surface area contributed by atoms with E-state index in [2.05, 4.69) is 31.2 Å². The molecule has 2 aliphatic rings. The first-order valence-electron chi connectivity index (χ1n) is 9.59. The predicted molar refractivity (Wildman–Crippen MR) is 103 cm³/mol. The molecule has 27 heavy (non-hydrogen) atoms. The Hall–Kier alpha value is -2.63. The van der Waals surface area contributed by atoms with Crippen LogP contribution in [0.2, 0.25) is 0 Å². The van der Waals surface area contributed by atoms with E-state index in [4.69, 9.17) is 0 Å². The van der Waals surface area contributed by atoms with Gasteiger partial charge in [0.25, 0.3) is 11.8 Å². The number of carbonyl (C=O) groups is 2. The molecular weight excluding hydrogens is 340 g/mol. The van der Waals surface area contributed by atoms with Crippen molar-refractivity contribution in [2.45, 2.75) is 58.2 Å². The van der Waals surface area contributed by atoms with E-state index in [9.17, 15) is 9.59 Å². The monoisotopic (exact) mass is 366 g/mol. The number of nitrogens with zero attached hydrogens (tertiary/aromatic N) is 3. The summed E-state index contributed by atoms with van der Waals surface area (Å²) in [6.45, 7) is 8.16. The summed E-state index contributed by atoms with van der Waals surface area (Å²) in [5.41, 5.74) is 3.32. The maximum Gasteiger partial charge on any atom is 0.272 e. The third-order valence-corrected chi connectivity index (χ3v) is 5.23. The van der Waals surface area contributed by atoms with E-state index in [0.717, 1.165) is 18.5 Å². The number of benzene rings is 1. The second kappa shape index (κ2) is 6.51. The number of carbonyl (C=O) groups excluding carboxylic acids is 2. The highest BCUT2D eigenvalue weighted by atomic mass is 16.2. The van der Waals surface area contributed by atoms with E-state index < -0.39 is 0 Å². The lowest BCUT2D eigenvalue weighted by molar-refractivity contribution is 0.0705. The van der Waals surface area contributed by atoms with Crippen LogP contribution in [0.3, 0.4) is 0 Å². The number of rotatable bonds is 3. The summed E-state index contributed by atoms with van der Waals surface area (Å²) in [7, 11) is 0. The number of fused-ring (bicyclic) bond motifs is 1. The maximum absolute atomic E-state index is 12.9. The first-order chi connectivity index (χ1) is 12.8. The molecule has 0 radical (unpaired) electrons. The zero-order chi connectivity index (χ0) is 19.2. The standard InChI is InChI=1S/C21H26N4O2/c1-21(2,3)15-6-4-14(5-7-15)20(27)24-10-11-25-17(13-24)12-18(23-25)19(26)22-16-8-9-16/h4-7,12,16H,8-11,13H2,1-3H3,(H,22,26). The van der Waals surface area contributed by atoms with Crippen LogP contribution in [0.15, 0.2) is 30.3 Å². The van der Waals surface area contributed by atoms with Gasteiger partial charge < -0.3 is 10.2 Å². The molecule has 6 heteroatoms. The Kier molecular flexibility index (Phi) is 4.29. The van der Waals surface area contributed by atoms with E-state index in [0.29, 0.717) is 36.9 Å². The number of aromatic nitrogens is 2. The lowest BCUT2D eigenvalue weighted by atomic mass is 9.86. The van der Waals surface area contributed by atoms with Crippen molar-refractivity contribution in [1.82, 2.24) is 20.0 Å². The molecule has 142 valence electrons. The topological polar surface area (TPSA) is 67.2 Å². The second-order valence-corrected chi connectivity index (χ2v) is 8.55. The minimum absolute atomic E-state index is 0.0203. The van der Waals surface area contributed by atoms with Gasteiger partial charge in [0, 0.05) is 18.2 Å². The average Bonchev–Trinajstić information content (AvgIpc) is 3.34. The molecule has 1 fully saturated rings. The fraction of sp³-hybridized carbons (Fsp3) is 0.476. The molecule has 1 aromatic carbocycles. The lowest BCUT2D eigenvalue weighted by Crippen LogP contribution is -2.38. The van der Waals surface area contributed by atoms with Crippen LogP contribution in [0.25, 0.3) is 0 Å². The molecule has 6 nitrogen and oxygen atoms in total. The number of hydrogen-bond donors (Lipinski definition) is 1. The zero-order valence-corrected chi connectivity index (χ0v) is 16.2. The van der Waals surface area contributed by atoms with Crippen molar-refractivity contribution < 1.29 is 9.59 Å². The molecule has 0 saturated heterocycles. The van der Waals surface area contributed by atoms with Gasteiger partial charge in [0.1, 0.15) is 0 Å². The van der Waals surface area contributed by atoms with Gasteiger partial charge in [-0.1, -0.05) is 32.9 Å².